The number of nitrogens with zero attached hydrogens (tertiary/aromatic N) is 5. The summed E-state index contributed by atoms with van der Waals surface area (Å²) in [7, 11) is 0. The Labute approximate surface area is 124 Å². The maximum Gasteiger partial charge on any atom is 0.251 e. The normalized spacial score (nSPS) is 11.1. The van der Waals surface area contributed by atoms with Gasteiger partial charge in [0, 0.05) is 11.8 Å². The van der Waals surface area contributed by atoms with E-state index in [1.807, 2.05) is 28.8 Å². The summed E-state index contributed by atoms with van der Waals surface area (Å²) in [6.45, 7) is 0.293. The number of hydrogen-bond acceptors (Lipinski definition) is 5. The van der Waals surface area contributed by atoms with Crippen molar-refractivity contribution in [2.75, 3.05) is 0 Å². The summed E-state index contributed by atoms with van der Waals surface area (Å²) in [4.78, 5) is 12.2. The lowest BCUT2D eigenvalue weighted by atomic mass is 10.2. The Morgan fingerprint density at radius 1 is 1.14 bits per heavy atom. The van der Waals surface area contributed by atoms with Crippen LogP contribution in [0.15, 0.2) is 42.6 Å². The smallest absolute Gasteiger partial charge is 0.251 e. The SMILES string of the molecule is O=C(NCc1nnc2ccccn12)c1ccc2n[nH]nc2c1. The molecule has 0 bridgehead atoms. The van der Waals surface area contributed by atoms with E-state index in [1.165, 1.54) is 0 Å². The lowest BCUT2D eigenvalue weighted by Gasteiger charge is -2.04. The molecule has 3 heterocycles. The molecule has 0 atom stereocenters. The van der Waals surface area contributed by atoms with E-state index in [0.29, 0.717) is 23.4 Å². The van der Waals surface area contributed by atoms with Crippen molar-refractivity contribution in [3.8, 4) is 0 Å². The van der Waals surface area contributed by atoms with Crippen molar-refractivity contribution >= 4 is 22.6 Å². The molecule has 22 heavy (non-hydrogen) atoms. The number of aromatic nitrogens is 6. The van der Waals surface area contributed by atoms with Crippen LogP contribution in [-0.2, 0) is 6.54 Å². The first kappa shape index (κ1) is 12.5. The summed E-state index contributed by atoms with van der Waals surface area (Å²) >= 11 is 0. The van der Waals surface area contributed by atoms with E-state index in [1.54, 1.807) is 18.2 Å². The maximum atomic E-state index is 12.2. The Hall–Kier alpha value is -3.29. The fraction of sp³-hybridized carbons (Fsp3) is 0.0714. The van der Waals surface area contributed by atoms with Gasteiger partial charge in [-0.25, -0.2) is 0 Å². The van der Waals surface area contributed by atoms with Crippen LogP contribution in [0.25, 0.3) is 16.7 Å². The van der Waals surface area contributed by atoms with Crippen molar-refractivity contribution in [3.05, 3.63) is 54.0 Å². The molecule has 8 heteroatoms. The minimum Gasteiger partial charge on any atom is -0.345 e. The topological polar surface area (TPSA) is 101 Å². The van der Waals surface area contributed by atoms with Gasteiger partial charge in [0.1, 0.15) is 11.0 Å². The van der Waals surface area contributed by atoms with Crippen molar-refractivity contribution in [1.29, 1.82) is 0 Å². The standard InChI is InChI=1S/C14H11N7O/c22-14(9-4-5-10-11(7-9)17-20-16-10)15-8-13-19-18-12-3-1-2-6-21(12)13/h1-7H,8H2,(H,15,22)(H,16,17,20). The number of benzene rings is 1. The van der Waals surface area contributed by atoms with Gasteiger partial charge in [0.05, 0.1) is 6.54 Å². The molecule has 0 unspecified atom stereocenters. The quantitative estimate of drug-likeness (QED) is 0.585. The number of carbonyl (C=O) groups excluding carboxylic acids is 1. The second-order valence-corrected chi connectivity index (χ2v) is 4.75. The minimum absolute atomic E-state index is 0.197. The summed E-state index contributed by atoms with van der Waals surface area (Å²) < 4.78 is 1.83. The van der Waals surface area contributed by atoms with Gasteiger partial charge in [-0.2, -0.15) is 15.4 Å². The minimum atomic E-state index is -0.197. The lowest BCUT2D eigenvalue weighted by molar-refractivity contribution is 0.0950. The summed E-state index contributed by atoms with van der Waals surface area (Å²) in [6, 6.07) is 10.8. The average molecular weight is 293 g/mol. The van der Waals surface area contributed by atoms with Gasteiger partial charge in [0.25, 0.3) is 5.91 Å². The zero-order chi connectivity index (χ0) is 14.9. The fourth-order valence-electron chi connectivity index (χ4n) is 2.25. The van der Waals surface area contributed by atoms with E-state index in [-0.39, 0.29) is 5.91 Å². The average Bonchev–Trinajstić information content (AvgIpc) is 3.18. The molecule has 1 aromatic carbocycles. The molecule has 4 aromatic rings. The Kier molecular flexibility index (Phi) is 2.78. The van der Waals surface area contributed by atoms with Gasteiger partial charge in [-0.1, -0.05) is 6.07 Å². The maximum absolute atomic E-state index is 12.2. The number of pyridine rings is 1. The molecule has 8 nitrogen and oxygen atoms in total. The van der Waals surface area contributed by atoms with Crippen LogP contribution in [-0.4, -0.2) is 35.9 Å². The monoisotopic (exact) mass is 293 g/mol. The molecule has 3 aromatic heterocycles. The molecule has 0 spiro atoms. The number of fused-ring (bicyclic) bond motifs is 2. The van der Waals surface area contributed by atoms with Crippen LogP contribution in [0, 0.1) is 0 Å². The number of amides is 1. The summed E-state index contributed by atoms with van der Waals surface area (Å²) in [6.07, 6.45) is 1.86. The Bertz CT molecular complexity index is 971. The number of H-pyrrole nitrogens is 1. The molecule has 0 aliphatic carbocycles. The molecular weight excluding hydrogens is 282 g/mol. The first-order chi connectivity index (χ1) is 10.8. The van der Waals surface area contributed by atoms with Gasteiger partial charge in [-0.3, -0.25) is 9.20 Å². The first-order valence-corrected chi connectivity index (χ1v) is 6.68. The molecule has 0 radical (unpaired) electrons. The third-order valence-electron chi connectivity index (χ3n) is 3.37. The highest BCUT2D eigenvalue weighted by Gasteiger charge is 2.10. The number of carbonyl (C=O) groups is 1. The van der Waals surface area contributed by atoms with E-state index in [0.717, 1.165) is 11.2 Å². The summed E-state index contributed by atoms with van der Waals surface area (Å²) in [5.41, 5.74) is 2.64. The van der Waals surface area contributed by atoms with Crippen molar-refractivity contribution in [1.82, 2.24) is 35.3 Å². The molecule has 0 saturated heterocycles. The van der Waals surface area contributed by atoms with Crippen molar-refractivity contribution in [3.63, 3.8) is 0 Å². The molecule has 0 saturated carbocycles. The van der Waals surface area contributed by atoms with Gasteiger partial charge in [-0.05, 0) is 30.3 Å². The molecule has 108 valence electrons. The number of nitrogens with one attached hydrogen (secondary N) is 2. The lowest BCUT2D eigenvalue weighted by Crippen LogP contribution is -2.23. The second kappa shape index (κ2) is 4.92. The number of aromatic amines is 1. The highest BCUT2D eigenvalue weighted by molar-refractivity contribution is 5.97. The molecule has 1 amide bonds. The summed E-state index contributed by atoms with van der Waals surface area (Å²) in [5, 5.41) is 21.4. The fourth-order valence-corrected chi connectivity index (χ4v) is 2.25. The third-order valence-corrected chi connectivity index (χ3v) is 3.37. The van der Waals surface area contributed by atoms with E-state index >= 15 is 0 Å². The highest BCUT2D eigenvalue weighted by atomic mass is 16.1. The van der Waals surface area contributed by atoms with E-state index in [9.17, 15) is 4.79 Å². The van der Waals surface area contributed by atoms with Gasteiger partial charge in [0.15, 0.2) is 11.5 Å². The van der Waals surface area contributed by atoms with Crippen LogP contribution < -0.4 is 5.32 Å². The highest BCUT2D eigenvalue weighted by Crippen LogP contribution is 2.10. The Morgan fingerprint density at radius 3 is 3.00 bits per heavy atom. The first-order valence-electron chi connectivity index (χ1n) is 6.68. The van der Waals surface area contributed by atoms with Crippen molar-refractivity contribution in [2.45, 2.75) is 6.54 Å². The predicted octanol–water partition coefficient (Wildman–Crippen LogP) is 0.931. The van der Waals surface area contributed by atoms with E-state index in [4.69, 9.17) is 0 Å². The van der Waals surface area contributed by atoms with Crippen LogP contribution in [0.3, 0.4) is 0 Å². The van der Waals surface area contributed by atoms with Gasteiger partial charge in [-0.15, -0.1) is 10.2 Å². The van der Waals surface area contributed by atoms with Crippen LogP contribution in [0.5, 0.6) is 0 Å². The van der Waals surface area contributed by atoms with E-state index < -0.39 is 0 Å². The zero-order valence-electron chi connectivity index (χ0n) is 11.4. The molecule has 4 rings (SSSR count). The van der Waals surface area contributed by atoms with Crippen molar-refractivity contribution < 1.29 is 4.79 Å². The Balaban J connectivity index is 1.54. The van der Waals surface area contributed by atoms with Crippen molar-refractivity contribution in [2.24, 2.45) is 0 Å². The molecule has 0 fully saturated rings. The van der Waals surface area contributed by atoms with Gasteiger partial charge >= 0.3 is 0 Å². The zero-order valence-corrected chi connectivity index (χ0v) is 11.4. The van der Waals surface area contributed by atoms with Crippen LogP contribution in [0.2, 0.25) is 0 Å². The summed E-state index contributed by atoms with van der Waals surface area (Å²) in [5.74, 6) is 0.476. The van der Waals surface area contributed by atoms with E-state index in [2.05, 4.69) is 30.9 Å². The Morgan fingerprint density at radius 2 is 2.05 bits per heavy atom. The molecule has 0 aliphatic rings. The van der Waals surface area contributed by atoms with Crippen LogP contribution >= 0.6 is 0 Å². The number of rotatable bonds is 3. The molecule has 0 aliphatic heterocycles. The largest absolute Gasteiger partial charge is 0.345 e. The van der Waals surface area contributed by atoms with Crippen LogP contribution in [0.1, 0.15) is 16.2 Å². The van der Waals surface area contributed by atoms with Crippen LogP contribution in [0.4, 0.5) is 0 Å². The van der Waals surface area contributed by atoms with Gasteiger partial charge in [0.2, 0.25) is 0 Å². The third kappa shape index (κ3) is 2.06. The molecular formula is C14H11N7O. The molecule has 2 N–H and O–H groups in total. The second-order valence-electron chi connectivity index (χ2n) is 4.75. The predicted molar refractivity (Wildman–Crippen MR) is 78.0 cm³/mol. The number of hydrogen-bond donors (Lipinski definition) is 2. The van der Waals surface area contributed by atoms with Gasteiger partial charge < -0.3 is 5.32 Å².